The minimum atomic E-state index is -1.75. The van der Waals surface area contributed by atoms with Crippen LogP contribution in [0.3, 0.4) is 0 Å². The number of carboxylic acid groups (broad SMARTS) is 4. The van der Waals surface area contributed by atoms with Crippen LogP contribution in [0.4, 0.5) is 0 Å². The van der Waals surface area contributed by atoms with Gasteiger partial charge in [-0.15, -0.1) is 0 Å². The molecule has 0 radical (unpaired) electrons. The molecular weight excluding hydrogens is 1010 g/mol. The maximum atomic E-state index is 14.0. The maximum absolute atomic E-state index is 14.0. The SMILES string of the molecule is CC[C@H](C)[C@H](NC(=O)[C@H](CCC(=O)O)NC(=O)[C@H](CCC(=O)O)NC(=O)[C@@H](NC(=O)[C@@H](NC(=O)[C@H](CCC(N)=O)NC(=O)[C@@H]1CCCN1C(=O)[C@@H](N)CC(=O)O)C(C)C)C(C)C)C(=O)N[C@@H](CCCN=C(N)N)C(=O)O. The second-order valence-electron chi connectivity index (χ2n) is 19.1. The number of carboxylic acids is 4. The molecule has 76 heavy (non-hydrogen) atoms. The predicted octanol–water partition coefficient (Wildman–Crippen LogP) is -4.34. The van der Waals surface area contributed by atoms with Crippen LogP contribution in [0.25, 0.3) is 0 Å². The Morgan fingerprint density at radius 1 is 0.566 bits per heavy atom. The molecule has 0 bridgehead atoms. The van der Waals surface area contributed by atoms with E-state index in [1.165, 1.54) is 27.7 Å². The molecule has 0 aromatic carbocycles. The summed E-state index contributed by atoms with van der Waals surface area (Å²) in [6, 6.07) is -13.4. The molecule has 428 valence electrons. The average Bonchev–Trinajstić information content (AvgIpc) is 3.82. The Labute approximate surface area is 438 Å². The number of hydrogen-bond acceptors (Lipinski definition) is 15. The number of carbonyl (C=O) groups excluding carboxylic acids is 9. The third kappa shape index (κ3) is 23.3. The largest absolute Gasteiger partial charge is 0.481 e. The van der Waals surface area contributed by atoms with Gasteiger partial charge in [0.25, 0.3) is 0 Å². The monoisotopic (exact) mass is 1080 g/mol. The predicted molar refractivity (Wildman–Crippen MR) is 267 cm³/mol. The second kappa shape index (κ2) is 32.6. The summed E-state index contributed by atoms with van der Waals surface area (Å²) in [7, 11) is 0. The van der Waals surface area contributed by atoms with E-state index in [0.717, 1.165) is 4.90 Å². The molecule has 1 aliphatic heterocycles. The van der Waals surface area contributed by atoms with E-state index in [1.54, 1.807) is 13.8 Å². The molecule has 30 heteroatoms. The molecule has 1 fully saturated rings. The van der Waals surface area contributed by atoms with Crippen molar-refractivity contribution < 1.29 is 82.8 Å². The zero-order valence-corrected chi connectivity index (χ0v) is 43.6. The normalized spacial score (nSPS) is 16.6. The van der Waals surface area contributed by atoms with Crippen LogP contribution in [-0.2, 0) is 62.3 Å². The van der Waals surface area contributed by atoms with Crippen molar-refractivity contribution in [3.63, 3.8) is 0 Å². The van der Waals surface area contributed by atoms with Crippen molar-refractivity contribution in [2.45, 2.75) is 173 Å². The van der Waals surface area contributed by atoms with E-state index in [1.807, 2.05) is 0 Å². The highest BCUT2D eigenvalue weighted by atomic mass is 16.4. The first-order chi connectivity index (χ1) is 35.4. The fourth-order valence-corrected chi connectivity index (χ4v) is 7.77. The molecular formula is C46H77N13O17. The Morgan fingerprint density at radius 3 is 1.46 bits per heavy atom. The summed E-state index contributed by atoms with van der Waals surface area (Å²) in [4.78, 5) is 173. The van der Waals surface area contributed by atoms with Gasteiger partial charge in [0.15, 0.2) is 5.96 Å². The van der Waals surface area contributed by atoms with Crippen LogP contribution in [0.15, 0.2) is 4.99 Å². The molecule has 1 saturated heterocycles. The highest BCUT2D eigenvalue weighted by Gasteiger charge is 2.40. The van der Waals surface area contributed by atoms with Gasteiger partial charge in [-0.05, 0) is 62.7 Å². The molecule has 0 unspecified atom stereocenters. The summed E-state index contributed by atoms with van der Waals surface area (Å²) in [6.45, 7) is 9.41. The van der Waals surface area contributed by atoms with Gasteiger partial charge < -0.3 is 85.5 Å². The number of rotatable bonds is 35. The maximum Gasteiger partial charge on any atom is 0.326 e. The summed E-state index contributed by atoms with van der Waals surface area (Å²) in [6.07, 6.45) is -3.33. The van der Waals surface area contributed by atoms with Crippen molar-refractivity contribution >= 4 is 83.0 Å². The Morgan fingerprint density at radius 2 is 1.00 bits per heavy atom. The lowest BCUT2D eigenvalue weighted by molar-refractivity contribution is -0.144. The van der Waals surface area contributed by atoms with Crippen LogP contribution in [0.5, 0.6) is 0 Å². The summed E-state index contributed by atoms with van der Waals surface area (Å²) >= 11 is 0. The number of likely N-dealkylation sites (tertiary alicyclic amines) is 1. The van der Waals surface area contributed by atoms with Gasteiger partial charge in [0.1, 0.15) is 48.3 Å². The topological polar surface area (TPSA) is 507 Å². The lowest BCUT2D eigenvalue weighted by Crippen LogP contribution is -2.62. The molecule has 0 aliphatic carbocycles. The Kier molecular flexibility index (Phi) is 28.5. The van der Waals surface area contributed by atoms with Crippen molar-refractivity contribution in [3.8, 4) is 0 Å². The standard InChI is InChI=1S/C46H77N13O17/c1-7-23(6)36(43(73)55-28(45(75)76)10-8-18-51-46(49)50)58-39(69)27(14-17-32(63)64)52-37(67)26(13-16-31(61)62)54-41(71)34(21(2)3)57-42(72)35(22(4)5)56-38(68)25(12-15-30(48)60)53-40(70)29-11-9-19-59(29)44(74)24(47)20-33(65)66/h21-29,34-36H,7-20,47H2,1-6H3,(H2,48,60)(H,52,67)(H,53,70)(H,54,71)(H,55,73)(H,56,68)(H,57,72)(H,58,69)(H,61,62)(H,63,64)(H,65,66)(H,75,76)(H4,49,50,51)/t23-,24-,25-,26-,27-,28-,29-,34-,35-,36-/m0/s1. The molecule has 1 aliphatic rings. The summed E-state index contributed by atoms with van der Waals surface area (Å²) in [5, 5.41) is 55.0. The van der Waals surface area contributed by atoms with Gasteiger partial charge in [-0.25, -0.2) is 4.79 Å². The highest BCUT2D eigenvalue weighted by molar-refractivity contribution is 5.99. The van der Waals surface area contributed by atoms with E-state index in [0.29, 0.717) is 6.42 Å². The van der Waals surface area contributed by atoms with E-state index >= 15 is 0 Å². The van der Waals surface area contributed by atoms with Crippen LogP contribution in [-0.4, -0.2) is 176 Å². The lowest BCUT2D eigenvalue weighted by atomic mass is 9.96. The molecule has 30 nitrogen and oxygen atoms in total. The molecule has 10 atom stereocenters. The Hall–Kier alpha value is -7.66. The van der Waals surface area contributed by atoms with Gasteiger partial charge in [-0.2, -0.15) is 0 Å². The fourth-order valence-electron chi connectivity index (χ4n) is 7.77. The average molecular weight is 1080 g/mol. The first kappa shape index (κ1) is 66.4. The Bertz CT molecular complexity index is 2140. The number of nitrogens with zero attached hydrogens (tertiary/aromatic N) is 2. The molecule has 0 spiro atoms. The van der Waals surface area contributed by atoms with Gasteiger partial charge in [-0.3, -0.25) is 62.5 Å². The molecule has 0 aromatic heterocycles. The van der Waals surface area contributed by atoms with Crippen molar-refractivity contribution in [1.82, 2.24) is 42.1 Å². The number of amides is 9. The number of aliphatic carboxylic acids is 4. The van der Waals surface area contributed by atoms with E-state index < -0.39 is 188 Å². The third-order valence-electron chi connectivity index (χ3n) is 12.3. The van der Waals surface area contributed by atoms with Crippen LogP contribution in [0.2, 0.25) is 0 Å². The quantitative estimate of drug-likeness (QED) is 0.0162. The van der Waals surface area contributed by atoms with Crippen LogP contribution in [0, 0.1) is 17.8 Å². The summed E-state index contributed by atoms with van der Waals surface area (Å²) in [5.74, 6) is -16.6. The van der Waals surface area contributed by atoms with Crippen molar-refractivity contribution in [1.29, 1.82) is 0 Å². The van der Waals surface area contributed by atoms with Crippen LogP contribution >= 0.6 is 0 Å². The first-order valence-electron chi connectivity index (χ1n) is 24.8. The van der Waals surface area contributed by atoms with Crippen molar-refractivity contribution in [3.05, 3.63) is 0 Å². The van der Waals surface area contributed by atoms with E-state index in [4.69, 9.17) is 28.0 Å². The van der Waals surface area contributed by atoms with Crippen molar-refractivity contribution in [2.24, 2.45) is 45.7 Å². The molecule has 1 rings (SSSR count). The number of carbonyl (C=O) groups is 13. The van der Waals surface area contributed by atoms with E-state index in [-0.39, 0.29) is 51.2 Å². The van der Waals surface area contributed by atoms with Gasteiger partial charge >= 0.3 is 23.9 Å². The number of aliphatic imine (C=N–C) groups is 1. The minimum absolute atomic E-state index is 0.0508. The number of primary amides is 1. The summed E-state index contributed by atoms with van der Waals surface area (Å²) < 4.78 is 0. The number of nitrogens with two attached hydrogens (primary N) is 4. The van der Waals surface area contributed by atoms with Crippen molar-refractivity contribution in [2.75, 3.05) is 13.1 Å². The highest BCUT2D eigenvalue weighted by Crippen LogP contribution is 2.20. The smallest absolute Gasteiger partial charge is 0.326 e. The van der Waals surface area contributed by atoms with Crippen LogP contribution in [0.1, 0.15) is 119 Å². The first-order valence-corrected chi connectivity index (χ1v) is 24.8. The molecule has 0 aromatic rings. The number of guanidine groups is 1. The van der Waals surface area contributed by atoms with Gasteiger partial charge in [0.05, 0.1) is 12.5 Å². The molecule has 19 N–H and O–H groups in total. The van der Waals surface area contributed by atoms with Gasteiger partial charge in [-0.1, -0.05) is 48.0 Å². The number of hydrogen-bond donors (Lipinski definition) is 15. The van der Waals surface area contributed by atoms with Gasteiger partial charge in [0.2, 0.25) is 53.2 Å². The molecule has 0 saturated carbocycles. The number of nitrogens with one attached hydrogen (secondary N) is 7. The zero-order valence-electron chi connectivity index (χ0n) is 43.6. The van der Waals surface area contributed by atoms with E-state index in [9.17, 15) is 77.6 Å². The fraction of sp³-hybridized carbons (Fsp3) is 0.696. The minimum Gasteiger partial charge on any atom is -0.481 e. The third-order valence-corrected chi connectivity index (χ3v) is 12.3. The van der Waals surface area contributed by atoms with Crippen LogP contribution < -0.4 is 60.2 Å². The molecule has 1 heterocycles. The summed E-state index contributed by atoms with van der Waals surface area (Å²) in [5.41, 5.74) is 21.7. The lowest BCUT2D eigenvalue weighted by Gasteiger charge is -2.31. The molecule has 9 amide bonds. The zero-order chi connectivity index (χ0) is 58.1. The Balaban J connectivity index is 3.43. The van der Waals surface area contributed by atoms with E-state index in [2.05, 4.69) is 42.2 Å². The van der Waals surface area contributed by atoms with Gasteiger partial charge in [0, 0.05) is 32.4 Å². The second-order valence-corrected chi connectivity index (χ2v) is 19.1.